The lowest BCUT2D eigenvalue weighted by Crippen LogP contribution is -2.06. The summed E-state index contributed by atoms with van der Waals surface area (Å²) in [5.41, 5.74) is 0. The smallest absolute Gasteiger partial charge is 0.142 e. The summed E-state index contributed by atoms with van der Waals surface area (Å²) in [5.74, 6) is 0. The van der Waals surface area contributed by atoms with Crippen LogP contribution in [-0.4, -0.2) is 26.3 Å². The van der Waals surface area contributed by atoms with Gasteiger partial charge in [-0.1, -0.05) is 0 Å². The summed E-state index contributed by atoms with van der Waals surface area (Å²) >= 11 is 0. The van der Waals surface area contributed by atoms with Gasteiger partial charge in [0, 0.05) is 23.2 Å². The molecule has 0 saturated heterocycles. The second-order valence-corrected chi connectivity index (χ2v) is 3.68. The van der Waals surface area contributed by atoms with Gasteiger partial charge in [-0.2, -0.15) is 0 Å². The Morgan fingerprint density at radius 2 is 1.73 bits per heavy atom. The normalized spacial score (nSPS) is 13.5. The van der Waals surface area contributed by atoms with Crippen molar-refractivity contribution in [2.45, 2.75) is 0 Å². The highest BCUT2D eigenvalue weighted by Gasteiger charge is 2.40. The van der Waals surface area contributed by atoms with Crippen LogP contribution in [0.1, 0.15) is 0 Å². The van der Waals surface area contributed by atoms with Gasteiger partial charge in [0.1, 0.15) is 0 Å². The van der Waals surface area contributed by atoms with Crippen molar-refractivity contribution in [3.63, 3.8) is 0 Å². The highest BCUT2D eigenvalue weighted by Crippen LogP contribution is 2.38. The Hall–Kier alpha value is 0.0400. The first-order chi connectivity index (χ1) is 5.06. The topological polar surface area (TPSA) is 65.1 Å². The van der Waals surface area contributed by atoms with Crippen molar-refractivity contribution < 1.29 is 22.6 Å². The van der Waals surface area contributed by atoms with Gasteiger partial charge >= 0.3 is 16.5 Å². The van der Waals surface area contributed by atoms with Crippen LogP contribution >= 0.6 is 16.5 Å². The molecule has 0 bridgehead atoms. The molecule has 0 N–H and O–H groups in total. The zero-order valence-electron chi connectivity index (χ0n) is 6.38. The van der Waals surface area contributed by atoms with Gasteiger partial charge in [0.15, 0.2) is 4.31 Å². The van der Waals surface area contributed by atoms with Gasteiger partial charge in [-0.25, -0.2) is 0 Å². The van der Waals surface area contributed by atoms with Crippen molar-refractivity contribution in [1.82, 2.24) is 5.06 Å². The molecule has 11 heavy (non-hydrogen) atoms. The number of hydroxylamine groups is 2. The molecule has 0 aliphatic heterocycles. The summed E-state index contributed by atoms with van der Waals surface area (Å²) in [6.07, 6.45) is 0. The van der Waals surface area contributed by atoms with E-state index in [4.69, 9.17) is 0 Å². The zero-order valence-corrected chi connectivity index (χ0v) is 8.17. The summed E-state index contributed by atoms with van der Waals surface area (Å²) in [7, 11) is -0.505. The Morgan fingerprint density at radius 1 is 1.18 bits per heavy atom. The molecule has 0 heterocycles. The van der Waals surface area contributed by atoms with Crippen LogP contribution in [0.25, 0.3) is 0 Å². The van der Waals surface area contributed by atoms with E-state index in [1.165, 1.54) is 26.3 Å². The summed E-state index contributed by atoms with van der Waals surface area (Å²) in [4.78, 5) is 0. The zero-order chi connectivity index (χ0) is 8.85. The van der Waals surface area contributed by atoms with Gasteiger partial charge in [-0.3, -0.25) is 0 Å². The van der Waals surface area contributed by atoms with Crippen molar-refractivity contribution >= 4 is 16.5 Å². The molecule has 64 valence electrons. The van der Waals surface area contributed by atoms with E-state index in [9.17, 15) is 9.13 Å². The first kappa shape index (κ1) is 11.0. The lowest BCUT2D eigenvalue weighted by atomic mass is 11.2. The molecule has 8 heteroatoms. The van der Waals surface area contributed by atoms with Crippen LogP contribution in [-0.2, 0) is 22.6 Å². The van der Waals surface area contributed by atoms with Crippen LogP contribution in [0, 0.1) is 0 Å². The second-order valence-electron chi connectivity index (χ2n) is 1.61. The van der Waals surface area contributed by atoms with Gasteiger partial charge in [0.25, 0.3) is 0 Å². The number of hydrogen-bond donors (Lipinski definition) is 0. The Labute approximate surface area is 66.3 Å². The summed E-state index contributed by atoms with van der Waals surface area (Å²) < 4.78 is 34.0. The van der Waals surface area contributed by atoms with Crippen LogP contribution in [0.3, 0.4) is 0 Å². The number of hydrogen-bond acceptors (Lipinski definition) is 6. The van der Waals surface area contributed by atoms with E-state index in [2.05, 4.69) is 13.5 Å². The fraction of sp³-hybridized carbons (Fsp3) is 1.00. The minimum atomic E-state index is -2.40. The molecule has 0 spiro atoms. The SMILES string of the molecule is CO[P+](=O)O[P+](=O)ON(C)C. The molecule has 0 amide bonds. The Morgan fingerprint density at radius 3 is 2.09 bits per heavy atom. The van der Waals surface area contributed by atoms with Gasteiger partial charge in [-0.15, -0.1) is 9.59 Å². The fourth-order valence-electron chi connectivity index (χ4n) is 0.236. The van der Waals surface area contributed by atoms with Crippen molar-refractivity contribution in [3.8, 4) is 0 Å². The van der Waals surface area contributed by atoms with E-state index < -0.39 is 16.5 Å². The first-order valence-corrected chi connectivity index (χ1v) is 4.77. The van der Waals surface area contributed by atoms with E-state index in [-0.39, 0.29) is 0 Å². The van der Waals surface area contributed by atoms with Gasteiger partial charge in [0.05, 0.1) is 7.11 Å². The molecule has 0 aromatic heterocycles. The van der Waals surface area contributed by atoms with Gasteiger partial charge < -0.3 is 0 Å². The third-order valence-corrected chi connectivity index (χ3v) is 2.34. The number of rotatable bonds is 5. The second kappa shape index (κ2) is 5.66. The third kappa shape index (κ3) is 6.44. The highest BCUT2D eigenvalue weighted by atomic mass is 31.2. The minimum Gasteiger partial charge on any atom is -0.142 e. The first-order valence-electron chi connectivity index (χ1n) is 2.58. The predicted octanol–water partition coefficient (Wildman–Crippen LogP) is 1.46. The Balaban J connectivity index is 3.61. The minimum absolute atomic E-state index is 1.18. The molecule has 0 saturated carbocycles. The van der Waals surface area contributed by atoms with Crippen LogP contribution in [0.2, 0.25) is 0 Å². The predicted molar refractivity (Wildman–Crippen MR) is 38.1 cm³/mol. The quantitative estimate of drug-likeness (QED) is 0.495. The number of nitrogens with zero attached hydrogens (tertiary/aromatic N) is 1. The maximum absolute atomic E-state index is 10.6. The summed E-state index contributed by atoms with van der Waals surface area (Å²) in [5, 5.41) is 1.18. The summed E-state index contributed by atoms with van der Waals surface area (Å²) in [6.45, 7) is 0. The monoisotopic (exact) mass is 201 g/mol. The van der Waals surface area contributed by atoms with E-state index in [1.54, 1.807) is 0 Å². The Bertz CT molecular complexity index is 160. The van der Waals surface area contributed by atoms with Gasteiger partial charge in [0.2, 0.25) is 0 Å². The maximum atomic E-state index is 10.6. The third-order valence-electron chi connectivity index (χ3n) is 0.512. The van der Waals surface area contributed by atoms with Crippen molar-refractivity contribution in [3.05, 3.63) is 0 Å². The lowest BCUT2D eigenvalue weighted by molar-refractivity contribution is -0.00436. The lowest BCUT2D eigenvalue weighted by Gasteiger charge is -1.92. The molecular weight excluding hydrogens is 192 g/mol. The molecular formula is C3H9NO5P2+2. The standard InChI is InChI=1S/C3H9NO5P2/c1-4(2)8-11(6)9-10(5)7-3/h1-3H3/q+2. The van der Waals surface area contributed by atoms with Crippen molar-refractivity contribution in [1.29, 1.82) is 0 Å². The molecule has 0 aliphatic rings. The van der Waals surface area contributed by atoms with Crippen molar-refractivity contribution in [2.24, 2.45) is 0 Å². The van der Waals surface area contributed by atoms with E-state index >= 15 is 0 Å². The van der Waals surface area contributed by atoms with Crippen LogP contribution in [0.15, 0.2) is 0 Å². The molecule has 0 rings (SSSR count). The molecule has 0 aromatic rings. The molecule has 6 nitrogen and oxygen atoms in total. The van der Waals surface area contributed by atoms with E-state index in [0.717, 1.165) is 0 Å². The van der Waals surface area contributed by atoms with Crippen LogP contribution in [0.4, 0.5) is 0 Å². The summed E-state index contributed by atoms with van der Waals surface area (Å²) in [6, 6.07) is 0. The van der Waals surface area contributed by atoms with E-state index in [1.807, 2.05) is 0 Å². The van der Waals surface area contributed by atoms with E-state index in [0.29, 0.717) is 0 Å². The maximum Gasteiger partial charge on any atom is 0.766 e. The fourth-order valence-corrected chi connectivity index (χ4v) is 1.32. The van der Waals surface area contributed by atoms with Crippen LogP contribution < -0.4 is 0 Å². The molecule has 2 atom stereocenters. The molecule has 0 aromatic carbocycles. The Kier molecular flexibility index (Phi) is 5.68. The average molecular weight is 201 g/mol. The molecule has 2 unspecified atom stereocenters. The average Bonchev–Trinajstić information content (AvgIpc) is 1.85. The van der Waals surface area contributed by atoms with Gasteiger partial charge in [-0.05, 0) is 4.62 Å². The van der Waals surface area contributed by atoms with Crippen molar-refractivity contribution in [2.75, 3.05) is 21.2 Å². The molecule has 0 radical (unpaired) electrons. The largest absolute Gasteiger partial charge is 0.766 e. The van der Waals surface area contributed by atoms with Crippen LogP contribution in [0.5, 0.6) is 0 Å². The molecule has 0 aliphatic carbocycles. The highest BCUT2D eigenvalue weighted by molar-refractivity contribution is 7.47. The molecule has 0 fully saturated rings.